The lowest BCUT2D eigenvalue weighted by atomic mass is 10.1. The van der Waals surface area contributed by atoms with Gasteiger partial charge in [-0.3, -0.25) is 9.69 Å². The van der Waals surface area contributed by atoms with Crippen molar-refractivity contribution in [2.24, 2.45) is 0 Å². The molecule has 3 nitrogen and oxygen atoms in total. The van der Waals surface area contributed by atoms with E-state index in [0.717, 1.165) is 24.2 Å². The molecule has 0 bridgehead atoms. The van der Waals surface area contributed by atoms with E-state index in [2.05, 4.69) is 4.90 Å². The first-order valence-electron chi connectivity index (χ1n) is 8.82. The summed E-state index contributed by atoms with van der Waals surface area (Å²) in [6, 6.07) is 13.0. The molecule has 132 valence electrons. The van der Waals surface area contributed by atoms with E-state index < -0.39 is 0 Å². The maximum absolute atomic E-state index is 14.0. The topological polar surface area (TPSA) is 29.5 Å². The summed E-state index contributed by atoms with van der Waals surface area (Å²) in [6.45, 7) is 5.30. The second-order valence-electron chi connectivity index (χ2n) is 6.54. The lowest BCUT2D eigenvalue weighted by Crippen LogP contribution is -2.26. The summed E-state index contributed by atoms with van der Waals surface area (Å²) in [7, 11) is 0. The number of carbonyl (C=O) groups is 1. The molecule has 1 saturated carbocycles. The molecule has 0 N–H and O–H groups in total. The highest BCUT2D eigenvalue weighted by Gasteiger charge is 2.30. The van der Waals surface area contributed by atoms with Crippen molar-refractivity contribution in [3.63, 3.8) is 0 Å². The molecule has 0 heterocycles. The zero-order valence-electron chi connectivity index (χ0n) is 14.8. The highest BCUT2D eigenvalue weighted by atomic mass is 19.1. The first kappa shape index (κ1) is 17.6. The number of Topliss-reactive ketones (excluding diaryl/α,β-unsaturated/α-hetero) is 1. The zero-order chi connectivity index (χ0) is 17.8. The minimum atomic E-state index is -0.171. The summed E-state index contributed by atoms with van der Waals surface area (Å²) in [5.41, 5.74) is 2.37. The molecule has 2 aromatic carbocycles. The van der Waals surface area contributed by atoms with Gasteiger partial charge >= 0.3 is 0 Å². The van der Waals surface area contributed by atoms with Gasteiger partial charge in [0.15, 0.2) is 5.78 Å². The van der Waals surface area contributed by atoms with Gasteiger partial charge in [-0.2, -0.15) is 0 Å². The second-order valence-corrected chi connectivity index (χ2v) is 6.54. The number of hydrogen-bond donors (Lipinski definition) is 0. The molecule has 1 fully saturated rings. The molecule has 0 atom stereocenters. The largest absolute Gasteiger partial charge is 0.494 e. The van der Waals surface area contributed by atoms with Crippen LogP contribution < -0.4 is 4.74 Å². The van der Waals surface area contributed by atoms with Crippen molar-refractivity contribution >= 4 is 5.78 Å². The van der Waals surface area contributed by atoms with E-state index in [1.165, 1.54) is 6.07 Å². The van der Waals surface area contributed by atoms with Gasteiger partial charge < -0.3 is 4.74 Å². The van der Waals surface area contributed by atoms with Crippen LogP contribution in [0, 0.1) is 5.82 Å². The van der Waals surface area contributed by atoms with Crippen molar-refractivity contribution < 1.29 is 13.9 Å². The van der Waals surface area contributed by atoms with E-state index in [0.29, 0.717) is 36.9 Å². The molecule has 2 aromatic rings. The van der Waals surface area contributed by atoms with Crippen LogP contribution in [0.3, 0.4) is 0 Å². The van der Waals surface area contributed by atoms with E-state index in [4.69, 9.17) is 4.74 Å². The van der Waals surface area contributed by atoms with Crippen LogP contribution in [0.1, 0.15) is 48.2 Å². The van der Waals surface area contributed by atoms with Crippen molar-refractivity contribution in [3.05, 3.63) is 65.0 Å². The van der Waals surface area contributed by atoms with E-state index in [9.17, 15) is 9.18 Å². The molecule has 1 aliphatic rings. The van der Waals surface area contributed by atoms with Crippen LogP contribution in [0.25, 0.3) is 0 Å². The first-order valence-corrected chi connectivity index (χ1v) is 8.82. The number of rotatable bonds is 8. The first-order chi connectivity index (χ1) is 12.1. The Labute approximate surface area is 148 Å². The third kappa shape index (κ3) is 4.45. The van der Waals surface area contributed by atoms with Crippen molar-refractivity contribution in [2.75, 3.05) is 6.61 Å². The van der Waals surface area contributed by atoms with Gasteiger partial charge in [0.05, 0.1) is 6.61 Å². The van der Waals surface area contributed by atoms with Gasteiger partial charge in [-0.25, -0.2) is 4.39 Å². The Hall–Kier alpha value is -2.20. The number of carbonyl (C=O) groups excluding carboxylic acids is 1. The lowest BCUT2D eigenvalue weighted by Gasteiger charge is -2.24. The van der Waals surface area contributed by atoms with Gasteiger partial charge in [-0.1, -0.05) is 18.2 Å². The molecule has 0 aromatic heterocycles. The fourth-order valence-electron chi connectivity index (χ4n) is 3.04. The minimum Gasteiger partial charge on any atom is -0.494 e. The average molecular weight is 341 g/mol. The van der Waals surface area contributed by atoms with E-state index in [1.54, 1.807) is 19.1 Å². The second kappa shape index (κ2) is 7.79. The molecule has 0 unspecified atom stereocenters. The van der Waals surface area contributed by atoms with Crippen molar-refractivity contribution in [1.29, 1.82) is 0 Å². The number of ether oxygens (including phenoxy) is 1. The van der Waals surface area contributed by atoms with E-state index >= 15 is 0 Å². The van der Waals surface area contributed by atoms with Gasteiger partial charge in [0.25, 0.3) is 0 Å². The predicted molar refractivity (Wildman–Crippen MR) is 96.3 cm³/mol. The summed E-state index contributed by atoms with van der Waals surface area (Å²) in [5.74, 6) is 0.665. The quantitative estimate of drug-likeness (QED) is 0.658. The molecule has 4 heteroatoms. The van der Waals surface area contributed by atoms with Crippen molar-refractivity contribution in [2.45, 2.75) is 45.8 Å². The highest BCUT2D eigenvalue weighted by Crippen LogP contribution is 2.32. The van der Waals surface area contributed by atoms with E-state index in [1.807, 2.05) is 31.2 Å². The summed E-state index contributed by atoms with van der Waals surface area (Å²) in [6.07, 6.45) is 2.26. The Kier molecular flexibility index (Phi) is 5.49. The fraction of sp³-hybridized carbons (Fsp3) is 0.381. The predicted octanol–water partition coefficient (Wildman–Crippen LogP) is 4.59. The van der Waals surface area contributed by atoms with Crippen LogP contribution in [-0.4, -0.2) is 23.3 Å². The van der Waals surface area contributed by atoms with Crippen molar-refractivity contribution in [1.82, 2.24) is 4.90 Å². The van der Waals surface area contributed by atoms with E-state index in [-0.39, 0.29) is 11.6 Å². The Morgan fingerprint density at radius 1 is 1.16 bits per heavy atom. The Balaban J connectivity index is 1.85. The smallest absolute Gasteiger partial charge is 0.159 e. The average Bonchev–Trinajstić information content (AvgIpc) is 3.42. The minimum absolute atomic E-state index is 0.0383. The van der Waals surface area contributed by atoms with Crippen LogP contribution in [0.5, 0.6) is 5.75 Å². The summed E-state index contributed by atoms with van der Waals surface area (Å²) >= 11 is 0. The third-order valence-electron chi connectivity index (χ3n) is 4.53. The number of nitrogens with zero attached hydrogens (tertiary/aromatic N) is 1. The molecule has 25 heavy (non-hydrogen) atoms. The molecular formula is C21H24FNO2. The molecule has 0 radical (unpaired) electrons. The Morgan fingerprint density at radius 3 is 2.52 bits per heavy atom. The molecule has 0 saturated heterocycles. The lowest BCUT2D eigenvalue weighted by molar-refractivity contribution is 0.101. The normalized spacial score (nSPS) is 13.9. The number of halogens is 1. The van der Waals surface area contributed by atoms with Crippen LogP contribution in [0.4, 0.5) is 4.39 Å². The Bertz CT molecular complexity index is 755. The van der Waals surface area contributed by atoms with Gasteiger partial charge in [-0.05, 0) is 51.0 Å². The molecule has 0 aliphatic heterocycles. The molecule has 0 spiro atoms. The summed E-state index contributed by atoms with van der Waals surface area (Å²) in [5, 5.41) is 0. The summed E-state index contributed by atoms with van der Waals surface area (Å²) < 4.78 is 19.8. The Morgan fingerprint density at radius 2 is 1.88 bits per heavy atom. The molecule has 3 rings (SSSR count). The van der Waals surface area contributed by atoms with Gasteiger partial charge in [0, 0.05) is 35.8 Å². The molecular weight excluding hydrogens is 317 g/mol. The maximum atomic E-state index is 14.0. The number of ketones is 1. The SMILES string of the molecule is CCOc1ccc(C(C)=O)cc1CN(Cc1ccccc1F)C1CC1. The van der Waals surface area contributed by atoms with Gasteiger partial charge in [0.1, 0.15) is 11.6 Å². The third-order valence-corrected chi connectivity index (χ3v) is 4.53. The van der Waals surface area contributed by atoms with Crippen LogP contribution in [-0.2, 0) is 13.1 Å². The monoisotopic (exact) mass is 341 g/mol. The van der Waals surface area contributed by atoms with Crippen LogP contribution in [0.15, 0.2) is 42.5 Å². The number of hydrogen-bond acceptors (Lipinski definition) is 3. The fourth-order valence-corrected chi connectivity index (χ4v) is 3.04. The summed E-state index contributed by atoms with van der Waals surface area (Å²) in [4.78, 5) is 14.0. The van der Waals surface area contributed by atoms with Crippen molar-refractivity contribution in [3.8, 4) is 5.75 Å². The maximum Gasteiger partial charge on any atom is 0.159 e. The highest BCUT2D eigenvalue weighted by molar-refractivity contribution is 5.94. The van der Waals surface area contributed by atoms with Crippen LogP contribution >= 0.6 is 0 Å². The van der Waals surface area contributed by atoms with Gasteiger partial charge in [-0.15, -0.1) is 0 Å². The number of benzene rings is 2. The standard InChI is InChI=1S/C21H24FNO2/c1-3-25-21-11-8-16(15(2)24)12-18(21)14-23(19-9-10-19)13-17-6-4-5-7-20(17)22/h4-8,11-12,19H,3,9-10,13-14H2,1-2H3. The molecule has 1 aliphatic carbocycles. The van der Waals surface area contributed by atoms with Crippen LogP contribution in [0.2, 0.25) is 0 Å². The molecule has 0 amide bonds. The van der Waals surface area contributed by atoms with Gasteiger partial charge in [0.2, 0.25) is 0 Å². The zero-order valence-corrected chi connectivity index (χ0v) is 14.8.